The molecule has 1 aromatic rings. The van der Waals surface area contributed by atoms with Gasteiger partial charge in [-0.2, -0.15) is 0 Å². The number of anilines is 1. The van der Waals surface area contributed by atoms with E-state index in [0.717, 1.165) is 16.9 Å². The Morgan fingerprint density at radius 1 is 1.31 bits per heavy atom. The first-order valence-corrected chi connectivity index (χ1v) is 7.18. The molecule has 0 saturated heterocycles. The predicted octanol–water partition coefficient (Wildman–Crippen LogP) is 4.33. The largest absolute Gasteiger partial charge is 0.398 e. The predicted molar refractivity (Wildman–Crippen MR) is 72.7 cm³/mol. The second-order valence-electron chi connectivity index (χ2n) is 4.72. The third-order valence-electron chi connectivity index (χ3n) is 3.52. The lowest BCUT2D eigenvalue weighted by atomic mass is 9.87. The number of thioether (sulfide) groups is 1. The lowest BCUT2D eigenvalue weighted by molar-refractivity contribution is 0.357. The maximum atomic E-state index is 5.98. The van der Waals surface area contributed by atoms with Gasteiger partial charge in [0.25, 0.3) is 0 Å². The van der Waals surface area contributed by atoms with Crippen molar-refractivity contribution >= 4 is 17.4 Å². The maximum absolute atomic E-state index is 5.98. The normalized spacial score (nSPS) is 25.6. The third kappa shape index (κ3) is 2.94. The lowest BCUT2D eigenvalue weighted by Gasteiger charge is -2.28. The molecule has 1 saturated carbocycles. The molecule has 1 nitrogen and oxygen atoms in total. The van der Waals surface area contributed by atoms with Gasteiger partial charge in [-0.3, -0.25) is 0 Å². The monoisotopic (exact) mass is 235 g/mol. The van der Waals surface area contributed by atoms with Crippen LogP contribution in [-0.4, -0.2) is 5.25 Å². The number of benzene rings is 1. The Morgan fingerprint density at radius 3 is 2.88 bits per heavy atom. The Hall–Kier alpha value is -0.630. The fraction of sp³-hybridized carbons (Fsp3) is 0.571. The standard InChI is InChI=1S/C14H21NS/c1-2-11-6-5-7-12(10-11)16-14-9-4-3-8-13(14)15/h3-4,8-9,11-12H,2,5-7,10,15H2,1H3. The second-order valence-corrected chi connectivity index (χ2v) is 6.06. The topological polar surface area (TPSA) is 26.0 Å². The van der Waals surface area contributed by atoms with Gasteiger partial charge in [0.2, 0.25) is 0 Å². The van der Waals surface area contributed by atoms with Crippen LogP contribution in [0.5, 0.6) is 0 Å². The van der Waals surface area contributed by atoms with E-state index in [1.165, 1.54) is 37.0 Å². The molecule has 1 fully saturated rings. The van der Waals surface area contributed by atoms with E-state index >= 15 is 0 Å². The molecule has 1 aliphatic carbocycles. The molecule has 2 N–H and O–H groups in total. The van der Waals surface area contributed by atoms with Crippen LogP contribution in [0.1, 0.15) is 39.0 Å². The van der Waals surface area contributed by atoms with E-state index in [1.807, 2.05) is 23.9 Å². The lowest BCUT2D eigenvalue weighted by Crippen LogP contribution is -2.16. The summed E-state index contributed by atoms with van der Waals surface area (Å²) in [6.07, 6.45) is 6.88. The molecule has 2 rings (SSSR count). The summed E-state index contributed by atoms with van der Waals surface area (Å²) in [5.74, 6) is 0.941. The molecule has 0 aromatic heterocycles. The summed E-state index contributed by atoms with van der Waals surface area (Å²) < 4.78 is 0. The fourth-order valence-corrected chi connectivity index (χ4v) is 3.86. The Balaban J connectivity index is 1.97. The minimum atomic E-state index is 0.781. The molecule has 0 amide bonds. The highest BCUT2D eigenvalue weighted by molar-refractivity contribution is 8.00. The molecule has 88 valence electrons. The zero-order chi connectivity index (χ0) is 11.4. The van der Waals surface area contributed by atoms with Gasteiger partial charge >= 0.3 is 0 Å². The molecule has 16 heavy (non-hydrogen) atoms. The van der Waals surface area contributed by atoms with Crippen molar-refractivity contribution in [2.75, 3.05) is 5.73 Å². The summed E-state index contributed by atoms with van der Waals surface area (Å²) in [6.45, 7) is 2.31. The summed E-state index contributed by atoms with van der Waals surface area (Å²) in [5.41, 5.74) is 6.92. The molecule has 0 heterocycles. The SMILES string of the molecule is CCC1CCCC(Sc2ccccc2N)C1. The van der Waals surface area contributed by atoms with E-state index < -0.39 is 0 Å². The Morgan fingerprint density at radius 2 is 2.12 bits per heavy atom. The minimum Gasteiger partial charge on any atom is -0.398 e. The first-order valence-electron chi connectivity index (χ1n) is 6.30. The van der Waals surface area contributed by atoms with Crippen molar-refractivity contribution in [1.29, 1.82) is 0 Å². The van der Waals surface area contributed by atoms with Crippen molar-refractivity contribution in [1.82, 2.24) is 0 Å². The van der Waals surface area contributed by atoms with E-state index in [1.54, 1.807) is 0 Å². The summed E-state index contributed by atoms with van der Waals surface area (Å²) in [6, 6.07) is 8.24. The van der Waals surface area contributed by atoms with Crippen LogP contribution < -0.4 is 5.73 Å². The highest BCUT2D eigenvalue weighted by Crippen LogP contribution is 2.38. The van der Waals surface area contributed by atoms with Crippen molar-refractivity contribution in [3.05, 3.63) is 24.3 Å². The first kappa shape index (κ1) is 11.8. The smallest absolute Gasteiger partial charge is 0.0452 e. The van der Waals surface area contributed by atoms with Crippen LogP contribution in [-0.2, 0) is 0 Å². The van der Waals surface area contributed by atoms with Crippen LogP contribution in [0.15, 0.2) is 29.2 Å². The van der Waals surface area contributed by atoms with Gasteiger partial charge in [-0.15, -0.1) is 11.8 Å². The highest BCUT2D eigenvalue weighted by Gasteiger charge is 2.21. The van der Waals surface area contributed by atoms with Crippen molar-refractivity contribution in [2.24, 2.45) is 5.92 Å². The third-order valence-corrected chi connectivity index (χ3v) is 4.91. The molecule has 0 bridgehead atoms. The molecular weight excluding hydrogens is 214 g/mol. The number of nitrogens with two attached hydrogens (primary N) is 1. The molecule has 1 aliphatic rings. The summed E-state index contributed by atoms with van der Waals surface area (Å²) in [4.78, 5) is 1.27. The summed E-state index contributed by atoms with van der Waals surface area (Å²) in [5, 5.41) is 0.781. The van der Waals surface area contributed by atoms with Crippen LogP contribution in [0.3, 0.4) is 0 Å². The van der Waals surface area contributed by atoms with E-state index in [-0.39, 0.29) is 0 Å². The van der Waals surface area contributed by atoms with Gasteiger partial charge in [0, 0.05) is 15.8 Å². The van der Waals surface area contributed by atoms with Gasteiger partial charge in [-0.25, -0.2) is 0 Å². The molecule has 0 radical (unpaired) electrons. The molecule has 0 aliphatic heterocycles. The van der Waals surface area contributed by atoms with Gasteiger partial charge in [-0.1, -0.05) is 38.3 Å². The van der Waals surface area contributed by atoms with Crippen molar-refractivity contribution in [2.45, 2.75) is 49.2 Å². The van der Waals surface area contributed by atoms with Crippen molar-refractivity contribution < 1.29 is 0 Å². The van der Waals surface area contributed by atoms with Gasteiger partial charge in [-0.05, 0) is 30.9 Å². The van der Waals surface area contributed by atoms with Crippen molar-refractivity contribution in [3.8, 4) is 0 Å². The molecule has 2 heteroatoms. The van der Waals surface area contributed by atoms with Crippen molar-refractivity contribution in [3.63, 3.8) is 0 Å². The molecule has 1 aromatic carbocycles. The number of rotatable bonds is 3. The van der Waals surface area contributed by atoms with E-state index in [0.29, 0.717) is 0 Å². The first-order chi connectivity index (χ1) is 7.79. The minimum absolute atomic E-state index is 0.781. The number of hydrogen-bond acceptors (Lipinski definition) is 2. The Kier molecular flexibility index (Phi) is 4.16. The highest BCUT2D eigenvalue weighted by atomic mass is 32.2. The van der Waals surface area contributed by atoms with Crippen LogP contribution >= 0.6 is 11.8 Å². The Labute approximate surface area is 103 Å². The van der Waals surface area contributed by atoms with Gasteiger partial charge in [0.15, 0.2) is 0 Å². The van der Waals surface area contributed by atoms with Gasteiger partial charge in [0.1, 0.15) is 0 Å². The van der Waals surface area contributed by atoms with Gasteiger partial charge < -0.3 is 5.73 Å². The second kappa shape index (κ2) is 5.62. The number of hydrogen-bond donors (Lipinski definition) is 1. The van der Waals surface area contributed by atoms with Crippen LogP contribution in [0.25, 0.3) is 0 Å². The van der Waals surface area contributed by atoms with Crippen LogP contribution in [0.2, 0.25) is 0 Å². The van der Waals surface area contributed by atoms with Crippen LogP contribution in [0, 0.1) is 5.92 Å². The molecule has 2 atom stereocenters. The van der Waals surface area contributed by atoms with Crippen LogP contribution in [0.4, 0.5) is 5.69 Å². The molecule has 2 unspecified atom stereocenters. The molecule has 0 spiro atoms. The number of para-hydroxylation sites is 1. The number of nitrogen functional groups attached to an aromatic ring is 1. The van der Waals surface area contributed by atoms with E-state index in [2.05, 4.69) is 19.1 Å². The quantitative estimate of drug-likeness (QED) is 0.789. The van der Waals surface area contributed by atoms with E-state index in [4.69, 9.17) is 5.73 Å². The summed E-state index contributed by atoms with van der Waals surface area (Å²) >= 11 is 1.99. The molecular formula is C14H21NS. The average molecular weight is 235 g/mol. The van der Waals surface area contributed by atoms with E-state index in [9.17, 15) is 0 Å². The fourth-order valence-electron chi connectivity index (χ4n) is 2.49. The zero-order valence-corrected chi connectivity index (χ0v) is 10.8. The average Bonchev–Trinajstić information content (AvgIpc) is 2.32. The van der Waals surface area contributed by atoms with Gasteiger partial charge in [0.05, 0.1) is 0 Å². The maximum Gasteiger partial charge on any atom is 0.0452 e. The summed E-state index contributed by atoms with van der Waals surface area (Å²) in [7, 11) is 0. The zero-order valence-electron chi connectivity index (χ0n) is 9.99. The Bertz CT molecular complexity index is 337.